The van der Waals surface area contributed by atoms with Gasteiger partial charge in [-0.1, -0.05) is 13.3 Å². The average Bonchev–Trinajstić information content (AvgIpc) is 2.97. The van der Waals surface area contributed by atoms with Crippen molar-refractivity contribution in [1.29, 1.82) is 0 Å². The molecule has 112 valence electrons. The number of carboxylic acid groups (broad SMARTS) is 1. The Morgan fingerprint density at radius 1 is 1.55 bits per heavy atom. The number of sulfonamides is 1. The van der Waals surface area contributed by atoms with Gasteiger partial charge in [-0.25, -0.2) is 8.42 Å². The minimum atomic E-state index is -3.68. The van der Waals surface area contributed by atoms with E-state index in [0.29, 0.717) is 19.3 Å². The van der Waals surface area contributed by atoms with Crippen molar-refractivity contribution in [3.05, 3.63) is 12.3 Å². The maximum atomic E-state index is 12.5. The van der Waals surface area contributed by atoms with Crippen LogP contribution in [0.1, 0.15) is 26.2 Å². The summed E-state index contributed by atoms with van der Waals surface area (Å²) >= 11 is 0. The first-order valence-corrected chi connectivity index (χ1v) is 7.99. The third-order valence-corrected chi connectivity index (χ3v) is 5.80. The summed E-state index contributed by atoms with van der Waals surface area (Å²) in [5, 5.41) is 13.4. The predicted molar refractivity (Wildman–Crippen MR) is 71.6 cm³/mol. The topological polar surface area (TPSA) is 92.5 Å². The van der Waals surface area contributed by atoms with E-state index in [1.165, 1.54) is 21.3 Å². The van der Waals surface area contributed by atoms with Crippen molar-refractivity contribution in [3.63, 3.8) is 0 Å². The molecule has 7 nitrogen and oxygen atoms in total. The van der Waals surface area contributed by atoms with Crippen LogP contribution in [0.25, 0.3) is 0 Å². The van der Waals surface area contributed by atoms with Gasteiger partial charge in [-0.2, -0.15) is 9.40 Å². The number of hydrogen-bond acceptors (Lipinski definition) is 4. The Morgan fingerprint density at radius 3 is 2.75 bits per heavy atom. The van der Waals surface area contributed by atoms with Crippen molar-refractivity contribution in [1.82, 2.24) is 14.1 Å². The standard InChI is InChI=1S/C12H19N3O4S/c1-3-5-12(11(16)17)6-8-15(9-12)20(18,19)10-4-7-13-14(10)2/h4,7H,3,5-6,8-9H2,1-2H3,(H,16,17). The fraction of sp³-hybridized carbons (Fsp3) is 0.667. The van der Waals surface area contributed by atoms with Gasteiger partial charge in [0.15, 0.2) is 5.03 Å². The normalized spacial score (nSPS) is 24.1. The van der Waals surface area contributed by atoms with Crippen LogP contribution in [0.3, 0.4) is 0 Å². The molecule has 0 bridgehead atoms. The fourth-order valence-electron chi connectivity index (χ4n) is 2.75. The van der Waals surface area contributed by atoms with Crippen LogP contribution in [0.5, 0.6) is 0 Å². The van der Waals surface area contributed by atoms with Crippen LogP contribution in [-0.4, -0.2) is 46.7 Å². The molecule has 1 aliphatic rings. The van der Waals surface area contributed by atoms with Crippen LogP contribution in [0.15, 0.2) is 17.3 Å². The lowest BCUT2D eigenvalue weighted by atomic mass is 9.83. The minimum absolute atomic E-state index is 0.0314. The Kier molecular flexibility index (Phi) is 3.88. The van der Waals surface area contributed by atoms with Gasteiger partial charge in [-0.3, -0.25) is 9.48 Å². The molecule has 0 radical (unpaired) electrons. The zero-order valence-electron chi connectivity index (χ0n) is 11.6. The van der Waals surface area contributed by atoms with Crippen LogP contribution < -0.4 is 0 Å². The lowest BCUT2D eigenvalue weighted by molar-refractivity contribution is -0.148. The Labute approximate surface area is 118 Å². The highest BCUT2D eigenvalue weighted by Crippen LogP contribution is 2.37. The number of rotatable bonds is 5. The van der Waals surface area contributed by atoms with Gasteiger partial charge in [0.25, 0.3) is 10.0 Å². The Hall–Kier alpha value is -1.41. The summed E-state index contributed by atoms with van der Waals surface area (Å²) in [4.78, 5) is 11.5. The largest absolute Gasteiger partial charge is 0.481 e. The van der Waals surface area contributed by atoms with E-state index in [9.17, 15) is 18.3 Å². The molecule has 0 aromatic carbocycles. The first-order valence-electron chi connectivity index (χ1n) is 6.55. The summed E-state index contributed by atoms with van der Waals surface area (Å²) in [6.07, 6.45) is 2.97. The Balaban J connectivity index is 2.29. The molecule has 1 saturated heterocycles. The highest BCUT2D eigenvalue weighted by atomic mass is 32.2. The summed E-state index contributed by atoms with van der Waals surface area (Å²) in [7, 11) is -2.12. The maximum absolute atomic E-state index is 12.5. The maximum Gasteiger partial charge on any atom is 0.311 e. The van der Waals surface area contributed by atoms with E-state index in [0.717, 1.165) is 0 Å². The van der Waals surface area contributed by atoms with E-state index in [4.69, 9.17) is 0 Å². The van der Waals surface area contributed by atoms with Crippen LogP contribution >= 0.6 is 0 Å². The number of carboxylic acids is 1. The van der Waals surface area contributed by atoms with Gasteiger partial charge < -0.3 is 5.11 Å². The second-order valence-electron chi connectivity index (χ2n) is 5.22. The first kappa shape index (κ1) is 15.0. The van der Waals surface area contributed by atoms with E-state index in [1.807, 2.05) is 6.92 Å². The molecule has 1 N–H and O–H groups in total. The molecule has 0 aliphatic carbocycles. The zero-order valence-corrected chi connectivity index (χ0v) is 12.4. The quantitative estimate of drug-likeness (QED) is 0.863. The van der Waals surface area contributed by atoms with Gasteiger partial charge in [0, 0.05) is 20.1 Å². The molecule has 0 amide bonds. The second kappa shape index (κ2) is 5.17. The molecule has 1 aliphatic heterocycles. The van der Waals surface area contributed by atoms with Crippen LogP contribution in [0.4, 0.5) is 0 Å². The van der Waals surface area contributed by atoms with Crippen molar-refractivity contribution < 1.29 is 18.3 Å². The molecule has 8 heteroatoms. The van der Waals surface area contributed by atoms with E-state index in [1.54, 1.807) is 7.05 Å². The molecule has 0 spiro atoms. The highest BCUT2D eigenvalue weighted by molar-refractivity contribution is 7.89. The van der Waals surface area contributed by atoms with Crippen molar-refractivity contribution in [2.75, 3.05) is 13.1 Å². The SMILES string of the molecule is CCCC1(C(=O)O)CCN(S(=O)(=O)c2ccnn2C)C1. The lowest BCUT2D eigenvalue weighted by Gasteiger charge is -2.24. The zero-order chi connectivity index (χ0) is 15.0. The van der Waals surface area contributed by atoms with E-state index in [-0.39, 0.29) is 18.1 Å². The van der Waals surface area contributed by atoms with E-state index >= 15 is 0 Å². The number of aliphatic carboxylic acids is 1. The Bertz CT molecular complexity index is 610. The van der Waals surface area contributed by atoms with Gasteiger partial charge in [-0.05, 0) is 18.9 Å². The molecular formula is C12H19N3O4S. The number of nitrogens with zero attached hydrogens (tertiary/aromatic N) is 3. The molecule has 1 aromatic rings. The van der Waals surface area contributed by atoms with Gasteiger partial charge in [0.1, 0.15) is 0 Å². The Morgan fingerprint density at radius 2 is 2.25 bits per heavy atom. The fourth-order valence-corrected chi connectivity index (χ4v) is 4.38. The van der Waals surface area contributed by atoms with Crippen molar-refractivity contribution in [3.8, 4) is 0 Å². The third kappa shape index (κ3) is 2.33. The van der Waals surface area contributed by atoms with E-state index < -0.39 is 21.4 Å². The summed E-state index contributed by atoms with van der Waals surface area (Å²) in [5.74, 6) is -0.915. The van der Waals surface area contributed by atoms with Gasteiger partial charge in [-0.15, -0.1) is 0 Å². The number of aryl methyl sites for hydroxylation is 1. The summed E-state index contributed by atoms with van der Waals surface area (Å²) in [6, 6.07) is 1.43. The molecule has 2 heterocycles. The molecule has 0 saturated carbocycles. The van der Waals surface area contributed by atoms with Crippen molar-refractivity contribution in [2.24, 2.45) is 12.5 Å². The highest BCUT2D eigenvalue weighted by Gasteiger charge is 2.48. The molecule has 1 unspecified atom stereocenters. The average molecular weight is 301 g/mol. The van der Waals surface area contributed by atoms with Gasteiger partial charge in [0.05, 0.1) is 11.6 Å². The smallest absolute Gasteiger partial charge is 0.311 e. The van der Waals surface area contributed by atoms with Crippen LogP contribution in [-0.2, 0) is 21.9 Å². The van der Waals surface area contributed by atoms with E-state index in [2.05, 4.69) is 5.10 Å². The predicted octanol–water partition coefficient (Wildman–Crippen LogP) is 0.686. The molecule has 2 rings (SSSR count). The summed E-state index contributed by atoms with van der Waals surface area (Å²) < 4.78 is 27.6. The summed E-state index contributed by atoms with van der Waals surface area (Å²) in [5.41, 5.74) is -0.958. The number of carbonyl (C=O) groups is 1. The molecule has 1 fully saturated rings. The second-order valence-corrected chi connectivity index (χ2v) is 7.10. The minimum Gasteiger partial charge on any atom is -0.481 e. The van der Waals surface area contributed by atoms with Crippen LogP contribution in [0.2, 0.25) is 0 Å². The van der Waals surface area contributed by atoms with Gasteiger partial charge >= 0.3 is 5.97 Å². The third-order valence-electron chi connectivity index (χ3n) is 3.88. The molecular weight excluding hydrogens is 282 g/mol. The number of aromatic nitrogens is 2. The molecule has 1 aromatic heterocycles. The molecule has 20 heavy (non-hydrogen) atoms. The number of hydrogen-bond donors (Lipinski definition) is 1. The monoisotopic (exact) mass is 301 g/mol. The lowest BCUT2D eigenvalue weighted by Crippen LogP contribution is -2.37. The first-order chi connectivity index (χ1) is 9.33. The van der Waals surface area contributed by atoms with Gasteiger partial charge in [0.2, 0.25) is 0 Å². The summed E-state index contributed by atoms with van der Waals surface area (Å²) in [6.45, 7) is 2.17. The molecule has 1 atom stereocenters. The van der Waals surface area contributed by atoms with Crippen molar-refractivity contribution >= 4 is 16.0 Å². The van der Waals surface area contributed by atoms with Crippen LogP contribution in [0, 0.1) is 5.41 Å². The van der Waals surface area contributed by atoms with Crippen molar-refractivity contribution in [2.45, 2.75) is 31.2 Å².